The summed E-state index contributed by atoms with van der Waals surface area (Å²) in [7, 11) is 0. The first-order valence-electron chi connectivity index (χ1n) is 10.9. The maximum atomic E-state index is 9.44. The molecule has 3 aromatic rings. The summed E-state index contributed by atoms with van der Waals surface area (Å²) < 4.78 is 0. The average Bonchev–Trinajstić information content (AvgIpc) is 3.24. The van der Waals surface area contributed by atoms with Gasteiger partial charge < -0.3 is 11.5 Å². The van der Waals surface area contributed by atoms with Gasteiger partial charge in [-0.2, -0.15) is 10.2 Å². The van der Waals surface area contributed by atoms with Gasteiger partial charge in [0.25, 0.3) is 0 Å². The molecule has 2 heterocycles. The zero-order valence-electron chi connectivity index (χ0n) is 17.2. The van der Waals surface area contributed by atoms with E-state index < -0.39 is 0 Å². The first kappa shape index (κ1) is 18.8. The van der Waals surface area contributed by atoms with Crippen LogP contribution in [0.5, 0.6) is 0 Å². The molecule has 0 aliphatic heterocycles. The Morgan fingerprint density at radius 3 is 2.13 bits per heavy atom. The predicted octanol–water partition coefficient (Wildman–Crippen LogP) is 4.77. The Morgan fingerprint density at radius 2 is 1.52 bits per heavy atom. The van der Waals surface area contributed by atoms with Crippen molar-refractivity contribution in [3.8, 4) is 27.9 Å². The van der Waals surface area contributed by atoms with Crippen molar-refractivity contribution in [3.05, 3.63) is 40.9 Å². The van der Waals surface area contributed by atoms with Crippen LogP contribution in [0.15, 0.2) is 29.6 Å². The molecule has 4 aliphatic carbocycles. The molecule has 1 aromatic carbocycles. The number of nitrogens with two attached hydrogens (primary N) is 2. The smallest absolute Gasteiger partial charge is 0.222 e. The highest BCUT2D eigenvalue weighted by molar-refractivity contribution is 7.13. The standard InChI is InChI=1S/C24H24N6S/c25-11-18-20(29-23(27)30-21(18)26)16-1-3-17(4-2-16)22-28-19(12-31-22)24-8-13-5-14(9-24)7-15(6-13)10-24/h1-4,12-15H,5-10H2,(H4,26,27,29,30). The van der Waals surface area contributed by atoms with Crippen molar-refractivity contribution in [2.24, 2.45) is 17.8 Å². The summed E-state index contributed by atoms with van der Waals surface area (Å²) in [5.74, 6) is 2.91. The fraction of sp³-hybridized carbons (Fsp3) is 0.417. The van der Waals surface area contributed by atoms with Crippen LogP contribution in [0.1, 0.15) is 49.8 Å². The van der Waals surface area contributed by atoms with Crippen LogP contribution >= 0.6 is 11.3 Å². The highest BCUT2D eigenvalue weighted by Crippen LogP contribution is 2.60. The normalized spacial score (nSPS) is 28.5. The number of anilines is 2. The quantitative estimate of drug-likeness (QED) is 0.621. The van der Waals surface area contributed by atoms with E-state index >= 15 is 0 Å². The van der Waals surface area contributed by atoms with E-state index in [9.17, 15) is 5.26 Å². The Kier molecular flexibility index (Phi) is 4.09. The Morgan fingerprint density at radius 1 is 0.903 bits per heavy atom. The van der Waals surface area contributed by atoms with Crippen LogP contribution in [-0.4, -0.2) is 15.0 Å². The van der Waals surface area contributed by atoms with E-state index in [0.29, 0.717) is 11.1 Å². The molecule has 4 N–H and O–H groups in total. The first-order chi connectivity index (χ1) is 15.0. The van der Waals surface area contributed by atoms with Gasteiger partial charge in [0.1, 0.15) is 22.5 Å². The zero-order valence-corrected chi connectivity index (χ0v) is 18.0. The third-order valence-electron chi connectivity index (χ3n) is 7.56. The lowest BCUT2D eigenvalue weighted by Gasteiger charge is -2.56. The van der Waals surface area contributed by atoms with Crippen LogP contribution in [0.2, 0.25) is 0 Å². The summed E-state index contributed by atoms with van der Waals surface area (Å²) in [6.45, 7) is 0. The van der Waals surface area contributed by atoms with Crippen LogP contribution in [0, 0.1) is 29.1 Å². The van der Waals surface area contributed by atoms with Gasteiger partial charge in [-0.15, -0.1) is 11.3 Å². The van der Waals surface area contributed by atoms with Gasteiger partial charge in [0.15, 0.2) is 0 Å². The van der Waals surface area contributed by atoms with E-state index in [-0.39, 0.29) is 17.3 Å². The Balaban J connectivity index is 1.31. The lowest BCUT2D eigenvalue weighted by atomic mass is 9.49. The maximum absolute atomic E-state index is 9.44. The SMILES string of the molecule is N#Cc1c(N)nc(N)nc1-c1ccc(-c2nc(C34CC5CC(CC(C5)C3)C4)cs2)cc1. The topological polar surface area (TPSA) is 114 Å². The molecule has 2 aromatic heterocycles. The molecule has 7 heteroatoms. The molecule has 0 unspecified atom stereocenters. The molecule has 4 aliphatic rings. The number of thiazole rings is 1. The number of hydrogen-bond acceptors (Lipinski definition) is 7. The minimum atomic E-state index is 0.0655. The molecule has 156 valence electrons. The largest absolute Gasteiger partial charge is 0.382 e. The molecule has 0 amide bonds. The number of nitriles is 1. The van der Waals surface area contributed by atoms with Gasteiger partial charge in [0.05, 0.1) is 11.4 Å². The van der Waals surface area contributed by atoms with Crippen molar-refractivity contribution in [2.45, 2.75) is 43.9 Å². The van der Waals surface area contributed by atoms with Gasteiger partial charge >= 0.3 is 0 Å². The Bertz CT molecular complexity index is 1170. The second kappa shape index (κ2) is 6.76. The molecule has 0 saturated heterocycles. The van der Waals surface area contributed by atoms with Gasteiger partial charge in [-0.1, -0.05) is 24.3 Å². The van der Waals surface area contributed by atoms with Crippen LogP contribution < -0.4 is 11.5 Å². The third kappa shape index (κ3) is 3.01. The van der Waals surface area contributed by atoms with Crippen LogP contribution in [0.4, 0.5) is 11.8 Å². The lowest BCUT2D eigenvalue weighted by Crippen LogP contribution is -2.48. The maximum Gasteiger partial charge on any atom is 0.222 e. The third-order valence-corrected chi connectivity index (χ3v) is 8.45. The van der Waals surface area contributed by atoms with Gasteiger partial charge in [0.2, 0.25) is 5.95 Å². The fourth-order valence-electron chi connectivity index (χ4n) is 6.66. The summed E-state index contributed by atoms with van der Waals surface area (Å²) in [5.41, 5.74) is 15.8. The van der Waals surface area contributed by atoms with Crippen molar-refractivity contribution < 1.29 is 0 Å². The highest BCUT2D eigenvalue weighted by Gasteiger charge is 2.52. The van der Waals surface area contributed by atoms with Crippen LogP contribution in [-0.2, 0) is 5.41 Å². The lowest BCUT2D eigenvalue weighted by molar-refractivity contribution is -0.00689. The van der Waals surface area contributed by atoms with Gasteiger partial charge in [-0.3, -0.25) is 0 Å². The molecule has 6 nitrogen and oxygen atoms in total. The molecule has 7 rings (SSSR count). The summed E-state index contributed by atoms with van der Waals surface area (Å²) in [6, 6.07) is 10.1. The van der Waals surface area contributed by atoms with E-state index in [1.54, 1.807) is 11.3 Å². The first-order valence-corrected chi connectivity index (χ1v) is 11.8. The van der Waals surface area contributed by atoms with Gasteiger partial charge in [-0.05, 0) is 56.3 Å². The number of rotatable bonds is 3. The number of benzene rings is 1. The predicted molar refractivity (Wildman–Crippen MR) is 122 cm³/mol. The molecular weight excluding hydrogens is 404 g/mol. The monoisotopic (exact) mass is 428 g/mol. The van der Waals surface area contributed by atoms with Crippen molar-refractivity contribution in [1.82, 2.24) is 15.0 Å². The van der Waals surface area contributed by atoms with Crippen molar-refractivity contribution in [1.29, 1.82) is 5.26 Å². The molecule has 4 bridgehead atoms. The molecule has 0 radical (unpaired) electrons. The number of nitrogen functional groups attached to an aromatic ring is 2. The van der Waals surface area contributed by atoms with Gasteiger partial charge in [0, 0.05) is 21.9 Å². The second-order valence-electron chi connectivity index (χ2n) is 9.62. The number of hydrogen-bond donors (Lipinski definition) is 2. The Hall–Kier alpha value is -2.98. The van der Waals surface area contributed by atoms with E-state index in [0.717, 1.165) is 33.9 Å². The molecule has 4 fully saturated rings. The molecule has 4 saturated carbocycles. The van der Waals surface area contributed by atoms with Crippen molar-refractivity contribution in [2.75, 3.05) is 11.5 Å². The molecule has 0 spiro atoms. The van der Waals surface area contributed by atoms with Crippen molar-refractivity contribution >= 4 is 23.1 Å². The molecule has 31 heavy (non-hydrogen) atoms. The van der Waals surface area contributed by atoms with E-state index in [2.05, 4.69) is 21.4 Å². The minimum Gasteiger partial charge on any atom is -0.382 e. The number of aromatic nitrogens is 3. The summed E-state index contributed by atoms with van der Waals surface area (Å²) in [6.07, 6.45) is 8.32. The van der Waals surface area contributed by atoms with E-state index in [1.807, 2.05) is 24.3 Å². The van der Waals surface area contributed by atoms with Crippen LogP contribution in [0.25, 0.3) is 21.8 Å². The minimum absolute atomic E-state index is 0.0655. The summed E-state index contributed by atoms with van der Waals surface area (Å²) in [4.78, 5) is 13.3. The Labute approximate surface area is 185 Å². The second-order valence-corrected chi connectivity index (χ2v) is 10.5. The van der Waals surface area contributed by atoms with E-state index in [1.165, 1.54) is 44.2 Å². The van der Waals surface area contributed by atoms with E-state index in [4.69, 9.17) is 16.5 Å². The van der Waals surface area contributed by atoms with Crippen LogP contribution in [0.3, 0.4) is 0 Å². The average molecular weight is 429 g/mol. The molecule has 0 atom stereocenters. The number of nitrogens with zero attached hydrogens (tertiary/aromatic N) is 4. The van der Waals surface area contributed by atoms with Crippen molar-refractivity contribution in [3.63, 3.8) is 0 Å². The summed E-state index contributed by atoms with van der Waals surface area (Å²) in [5, 5.41) is 12.8. The highest BCUT2D eigenvalue weighted by atomic mass is 32.1. The van der Waals surface area contributed by atoms with Gasteiger partial charge in [-0.25, -0.2) is 9.97 Å². The zero-order chi connectivity index (χ0) is 21.2. The molecular formula is C24H24N6S. The fourth-order valence-corrected chi connectivity index (χ4v) is 7.61. The summed E-state index contributed by atoms with van der Waals surface area (Å²) >= 11 is 1.74.